The number of rotatable bonds is 0. The summed E-state index contributed by atoms with van der Waals surface area (Å²) in [5, 5.41) is 0. The van der Waals surface area contributed by atoms with Crippen molar-refractivity contribution in [1.82, 2.24) is 0 Å². The Hall–Kier alpha value is -0.850. The molecule has 2 rings (SSSR count). The van der Waals surface area contributed by atoms with Crippen molar-refractivity contribution in [3.05, 3.63) is 24.3 Å². The molecule has 0 aromatic heterocycles. The molecule has 9 heavy (non-hydrogen) atoms. The van der Waals surface area contributed by atoms with Crippen LogP contribution in [0.15, 0.2) is 24.3 Å². The van der Waals surface area contributed by atoms with Crippen LogP contribution in [0.2, 0.25) is 0 Å². The molecule has 0 fully saturated rings. The summed E-state index contributed by atoms with van der Waals surface area (Å²) in [5.74, 6) is 0.731. The van der Waals surface area contributed by atoms with Gasteiger partial charge in [0.2, 0.25) is 0 Å². The van der Waals surface area contributed by atoms with Crippen molar-refractivity contribution in [1.29, 1.82) is 0 Å². The van der Waals surface area contributed by atoms with Crippen molar-refractivity contribution in [2.75, 3.05) is 0 Å². The van der Waals surface area contributed by atoms with Crippen LogP contribution in [0.25, 0.3) is 0 Å². The van der Waals surface area contributed by atoms with E-state index in [0.29, 0.717) is 6.04 Å². The number of allylic oxidation sites excluding steroid dienone is 2. The Morgan fingerprint density at radius 2 is 2.33 bits per heavy atom. The van der Waals surface area contributed by atoms with E-state index in [2.05, 4.69) is 29.3 Å². The van der Waals surface area contributed by atoms with Gasteiger partial charge in [0.1, 0.15) is 0 Å². The Kier molecular flexibility index (Phi) is 1.01. The third-order valence-electron chi connectivity index (χ3n) is 1.96. The molecular weight excluding hydrogens is 110 g/mol. The molecule has 0 amide bonds. The SMILES string of the molecule is C1=CC2CC=CC2[NH+]=C1. The number of hydrogen-bond donors (Lipinski definition) is 1. The second-order valence-electron chi connectivity index (χ2n) is 2.57. The van der Waals surface area contributed by atoms with Crippen LogP contribution in [0, 0.1) is 5.92 Å². The zero-order chi connectivity index (χ0) is 6.10. The first kappa shape index (κ1) is 4.98. The number of fused-ring (bicyclic) bond motifs is 1. The molecule has 2 aliphatic rings. The summed E-state index contributed by atoms with van der Waals surface area (Å²) in [4.78, 5) is 3.28. The summed E-state index contributed by atoms with van der Waals surface area (Å²) in [7, 11) is 0. The molecule has 0 radical (unpaired) electrons. The van der Waals surface area contributed by atoms with Crippen molar-refractivity contribution in [3.63, 3.8) is 0 Å². The van der Waals surface area contributed by atoms with E-state index in [1.54, 1.807) is 0 Å². The van der Waals surface area contributed by atoms with Crippen LogP contribution in [0.5, 0.6) is 0 Å². The first-order valence-electron chi connectivity index (χ1n) is 3.39. The van der Waals surface area contributed by atoms with Crippen molar-refractivity contribution < 1.29 is 4.99 Å². The smallest absolute Gasteiger partial charge is 0.175 e. The van der Waals surface area contributed by atoms with E-state index in [1.165, 1.54) is 6.42 Å². The quantitative estimate of drug-likeness (QED) is 0.420. The van der Waals surface area contributed by atoms with Gasteiger partial charge in [0.15, 0.2) is 12.3 Å². The molecule has 0 bridgehead atoms. The second kappa shape index (κ2) is 1.83. The number of hydrogen-bond acceptors (Lipinski definition) is 0. The van der Waals surface area contributed by atoms with Crippen LogP contribution in [0.4, 0.5) is 0 Å². The third-order valence-corrected chi connectivity index (χ3v) is 1.96. The summed E-state index contributed by atoms with van der Waals surface area (Å²) in [6, 6.07) is 0.593. The van der Waals surface area contributed by atoms with Gasteiger partial charge in [0, 0.05) is 5.92 Å². The average molecular weight is 120 g/mol. The standard InChI is InChI=1S/C8H9N/c1-3-7-4-2-6-9-8(7)5-1/h1-2,4-8H,3H2/p+1. The van der Waals surface area contributed by atoms with E-state index >= 15 is 0 Å². The maximum Gasteiger partial charge on any atom is 0.175 e. The van der Waals surface area contributed by atoms with Crippen molar-refractivity contribution in [2.45, 2.75) is 12.5 Å². The first-order valence-corrected chi connectivity index (χ1v) is 3.39. The molecule has 1 aliphatic carbocycles. The van der Waals surface area contributed by atoms with E-state index in [1.807, 2.05) is 6.21 Å². The van der Waals surface area contributed by atoms with E-state index in [9.17, 15) is 0 Å². The zero-order valence-corrected chi connectivity index (χ0v) is 5.25. The van der Waals surface area contributed by atoms with Gasteiger partial charge in [-0.15, -0.1) is 0 Å². The maximum absolute atomic E-state index is 3.28. The summed E-state index contributed by atoms with van der Waals surface area (Å²) in [6.45, 7) is 0. The van der Waals surface area contributed by atoms with Gasteiger partial charge in [0.25, 0.3) is 0 Å². The first-order chi connectivity index (χ1) is 4.47. The molecule has 1 aliphatic heterocycles. The van der Waals surface area contributed by atoms with Gasteiger partial charge in [-0.05, 0) is 18.6 Å². The lowest BCUT2D eigenvalue weighted by atomic mass is 10.0. The molecule has 1 nitrogen and oxygen atoms in total. The number of nitrogens with one attached hydrogen (secondary N) is 1. The third kappa shape index (κ3) is 0.727. The Balaban J connectivity index is 2.25. The molecule has 0 saturated heterocycles. The van der Waals surface area contributed by atoms with Gasteiger partial charge in [-0.25, -0.2) is 4.99 Å². The highest BCUT2D eigenvalue weighted by Crippen LogP contribution is 2.17. The Labute approximate surface area is 54.8 Å². The van der Waals surface area contributed by atoms with Crippen LogP contribution in [-0.4, -0.2) is 12.3 Å². The summed E-state index contributed by atoms with van der Waals surface area (Å²) < 4.78 is 0. The topological polar surface area (TPSA) is 14.0 Å². The molecule has 1 heteroatoms. The van der Waals surface area contributed by atoms with Crippen LogP contribution in [-0.2, 0) is 0 Å². The average Bonchev–Trinajstić information content (AvgIpc) is 2.33. The minimum absolute atomic E-state index is 0.593. The largest absolute Gasteiger partial charge is 0.241 e. The lowest BCUT2D eigenvalue weighted by Gasteiger charge is -2.07. The van der Waals surface area contributed by atoms with Crippen molar-refractivity contribution >= 4 is 6.21 Å². The van der Waals surface area contributed by atoms with Gasteiger partial charge in [-0.2, -0.15) is 0 Å². The van der Waals surface area contributed by atoms with Crippen LogP contribution in [0.3, 0.4) is 0 Å². The maximum atomic E-state index is 3.28. The Bertz CT molecular complexity index is 189. The van der Waals surface area contributed by atoms with Gasteiger partial charge >= 0.3 is 0 Å². The Morgan fingerprint density at radius 1 is 1.33 bits per heavy atom. The lowest BCUT2D eigenvalue weighted by Crippen LogP contribution is -2.77. The van der Waals surface area contributed by atoms with Gasteiger partial charge in [-0.1, -0.05) is 12.2 Å². The highest BCUT2D eigenvalue weighted by Gasteiger charge is 2.24. The van der Waals surface area contributed by atoms with E-state index in [-0.39, 0.29) is 0 Å². The molecule has 1 N–H and O–H groups in total. The normalized spacial score (nSPS) is 37.3. The Morgan fingerprint density at radius 3 is 3.22 bits per heavy atom. The highest BCUT2D eigenvalue weighted by atomic mass is 14.8. The minimum Gasteiger partial charge on any atom is -0.241 e. The predicted octanol–water partition coefficient (Wildman–Crippen LogP) is -0.348. The second-order valence-corrected chi connectivity index (χ2v) is 2.57. The fourth-order valence-electron chi connectivity index (χ4n) is 1.41. The molecule has 2 unspecified atom stereocenters. The monoisotopic (exact) mass is 120 g/mol. The van der Waals surface area contributed by atoms with Gasteiger partial charge < -0.3 is 0 Å². The molecule has 1 heterocycles. The molecular formula is C8H10N+. The zero-order valence-electron chi connectivity index (χ0n) is 5.25. The van der Waals surface area contributed by atoms with Crippen molar-refractivity contribution in [2.24, 2.45) is 5.92 Å². The van der Waals surface area contributed by atoms with E-state index < -0.39 is 0 Å². The van der Waals surface area contributed by atoms with Gasteiger partial charge in [-0.3, -0.25) is 0 Å². The van der Waals surface area contributed by atoms with Gasteiger partial charge in [0.05, 0.1) is 0 Å². The van der Waals surface area contributed by atoms with E-state index in [4.69, 9.17) is 0 Å². The van der Waals surface area contributed by atoms with E-state index in [0.717, 1.165) is 5.92 Å². The molecule has 0 aromatic rings. The summed E-state index contributed by atoms with van der Waals surface area (Å²) in [5.41, 5.74) is 0. The fraction of sp³-hybridized carbons (Fsp3) is 0.375. The molecule has 0 saturated carbocycles. The van der Waals surface area contributed by atoms with Crippen LogP contribution >= 0.6 is 0 Å². The summed E-state index contributed by atoms with van der Waals surface area (Å²) in [6.07, 6.45) is 12.1. The minimum atomic E-state index is 0.593. The van der Waals surface area contributed by atoms with Crippen molar-refractivity contribution in [3.8, 4) is 0 Å². The molecule has 0 spiro atoms. The molecule has 46 valence electrons. The van der Waals surface area contributed by atoms with Crippen LogP contribution in [0.1, 0.15) is 6.42 Å². The molecule has 0 aromatic carbocycles. The highest BCUT2D eigenvalue weighted by molar-refractivity contribution is 5.66. The molecule has 2 atom stereocenters. The summed E-state index contributed by atoms with van der Waals surface area (Å²) >= 11 is 0. The lowest BCUT2D eigenvalue weighted by molar-refractivity contribution is -0.490. The predicted molar refractivity (Wildman–Crippen MR) is 37.2 cm³/mol. The van der Waals surface area contributed by atoms with Crippen LogP contribution < -0.4 is 4.99 Å². The fourth-order valence-corrected chi connectivity index (χ4v) is 1.41.